The molecule has 5 N–H and O–H groups in total. The van der Waals surface area contributed by atoms with Gasteiger partial charge in [-0.3, -0.25) is 15.4 Å². The number of nitrogens with one attached hydrogen (secondary N) is 2. The normalized spacial score (nSPS) is 13.5. The number of aliphatic hydroxyl groups excluding tert-OH is 1. The lowest BCUT2D eigenvalue weighted by molar-refractivity contribution is 0.00153. The second kappa shape index (κ2) is 10.8. The number of hydrogen-bond acceptors (Lipinski definition) is 10. The Morgan fingerprint density at radius 3 is 2.21 bits per heavy atom. The Balaban J connectivity index is 1.55. The molecule has 0 aliphatic rings. The number of rotatable bonds is 10. The number of benzene rings is 2. The van der Waals surface area contributed by atoms with Crippen molar-refractivity contribution < 1.29 is 9.84 Å². The third-order valence-corrected chi connectivity index (χ3v) is 4.53. The van der Waals surface area contributed by atoms with Gasteiger partial charge < -0.3 is 15.6 Å². The average Bonchev–Trinajstić information content (AvgIpc) is 3.29. The minimum Gasteiger partial charge on any atom is -0.393 e. The topological polar surface area (TPSA) is 148 Å². The van der Waals surface area contributed by atoms with Crippen molar-refractivity contribution in [3.05, 3.63) is 73.3 Å². The van der Waals surface area contributed by atoms with Crippen LogP contribution in [0, 0.1) is 0 Å². The minimum atomic E-state index is -0.777. The summed E-state index contributed by atoms with van der Waals surface area (Å²) in [6, 6.07) is 18.9. The molecule has 0 aliphatic carbocycles. The average molecular weight is 445 g/mol. The highest BCUT2D eigenvalue weighted by molar-refractivity contribution is 5.82. The Kier molecular flexibility index (Phi) is 7.15. The van der Waals surface area contributed by atoms with Crippen LogP contribution in [0.1, 0.15) is 6.23 Å². The van der Waals surface area contributed by atoms with Gasteiger partial charge in [-0.2, -0.15) is 10.2 Å². The largest absolute Gasteiger partial charge is 0.393 e. The number of fused-ring (bicyclic) bond motifs is 1. The number of imidazole rings is 1. The van der Waals surface area contributed by atoms with E-state index in [9.17, 15) is 5.11 Å². The summed E-state index contributed by atoms with van der Waals surface area (Å²) in [6.45, 7) is -0.305. The van der Waals surface area contributed by atoms with E-state index in [1.165, 1.54) is 25.1 Å². The number of aliphatic hydroxyl groups is 1. The third-order valence-electron chi connectivity index (χ3n) is 4.53. The second-order valence-corrected chi connectivity index (χ2v) is 6.84. The standard InChI is InChI=1S/C22H23N9O2/c23-21-20-22(25-14-24-21)31(15-26-20)19(12-28-30-17-9-5-2-6-10-17)33-18(13-32)11-27-29-16-7-3-1-4-8-16/h1-12,14-15,18-19,29-30,32H,13H2,(H2,23,24,25)/b27-11-,28-12+. The fourth-order valence-electron chi connectivity index (χ4n) is 2.93. The maximum Gasteiger partial charge on any atom is 0.175 e. The van der Waals surface area contributed by atoms with E-state index >= 15 is 0 Å². The van der Waals surface area contributed by atoms with Crippen molar-refractivity contribution in [1.82, 2.24) is 19.5 Å². The molecule has 2 aromatic carbocycles. The number of nitrogens with zero attached hydrogens (tertiary/aromatic N) is 6. The molecule has 2 atom stereocenters. The van der Waals surface area contributed by atoms with E-state index in [4.69, 9.17) is 10.5 Å². The number of para-hydroxylation sites is 2. The van der Waals surface area contributed by atoms with Crippen LogP contribution in [-0.2, 0) is 4.74 Å². The summed E-state index contributed by atoms with van der Waals surface area (Å²) in [6.07, 6.45) is 4.37. The van der Waals surface area contributed by atoms with Gasteiger partial charge in [0.2, 0.25) is 0 Å². The summed E-state index contributed by atoms with van der Waals surface area (Å²) in [5.41, 5.74) is 14.3. The first-order chi connectivity index (χ1) is 16.2. The highest BCUT2D eigenvalue weighted by Crippen LogP contribution is 2.20. The van der Waals surface area contributed by atoms with Crippen LogP contribution in [-0.4, -0.2) is 49.8 Å². The quantitative estimate of drug-likeness (QED) is 0.215. The zero-order valence-corrected chi connectivity index (χ0v) is 17.6. The number of anilines is 3. The van der Waals surface area contributed by atoms with Crippen molar-refractivity contribution >= 4 is 40.8 Å². The first-order valence-electron chi connectivity index (χ1n) is 10.1. The number of aromatic nitrogens is 4. The van der Waals surface area contributed by atoms with Crippen molar-refractivity contribution in [3.63, 3.8) is 0 Å². The predicted octanol–water partition coefficient (Wildman–Crippen LogP) is 2.48. The third kappa shape index (κ3) is 5.67. The molecule has 4 aromatic rings. The molecule has 2 heterocycles. The summed E-state index contributed by atoms with van der Waals surface area (Å²) in [4.78, 5) is 12.5. The summed E-state index contributed by atoms with van der Waals surface area (Å²) in [5.74, 6) is 0.254. The van der Waals surface area contributed by atoms with Gasteiger partial charge in [0.15, 0.2) is 17.7 Å². The molecule has 0 bridgehead atoms. The Bertz CT molecular complexity index is 1210. The maximum absolute atomic E-state index is 9.86. The number of nitrogen functional groups attached to an aromatic ring is 1. The van der Waals surface area contributed by atoms with Crippen LogP contribution >= 0.6 is 0 Å². The van der Waals surface area contributed by atoms with E-state index in [0.29, 0.717) is 11.2 Å². The van der Waals surface area contributed by atoms with Crippen LogP contribution < -0.4 is 16.6 Å². The lowest BCUT2D eigenvalue weighted by atomic mass is 10.3. The van der Waals surface area contributed by atoms with Crippen molar-refractivity contribution in [2.24, 2.45) is 10.2 Å². The lowest BCUT2D eigenvalue weighted by Crippen LogP contribution is -2.26. The summed E-state index contributed by atoms with van der Waals surface area (Å²) in [5, 5.41) is 18.3. The van der Waals surface area contributed by atoms with E-state index < -0.39 is 12.3 Å². The SMILES string of the molecule is Nc1ncnc2c1ncn2C(/C=N/Nc1ccccc1)OC(/C=N\Nc1ccccc1)CO. The fourth-order valence-corrected chi connectivity index (χ4v) is 2.93. The molecule has 2 unspecified atom stereocenters. The van der Waals surface area contributed by atoms with Gasteiger partial charge in [0.1, 0.15) is 17.9 Å². The van der Waals surface area contributed by atoms with Gasteiger partial charge in [-0.05, 0) is 24.3 Å². The Morgan fingerprint density at radius 2 is 1.58 bits per heavy atom. The molecule has 168 valence electrons. The monoisotopic (exact) mass is 445 g/mol. The smallest absolute Gasteiger partial charge is 0.175 e. The zero-order chi connectivity index (χ0) is 22.9. The van der Waals surface area contributed by atoms with E-state index in [2.05, 4.69) is 36.0 Å². The predicted molar refractivity (Wildman–Crippen MR) is 128 cm³/mol. The summed E-state index contributed by atoms with van der Waals surface area (Å²) < 4.78 is 7.70. The van der Waals surface area contributed by atoms with Gasteiger partial charge in [0.25, 0.3) is 0 Å². The van der Waals surface area contributed by atoms with Gasteiger partial charge in [-0.1, -0.05) is 36.4 Å². The van der Waals surface area contributed by atoms with Crippen LogP contribution in [0.2, 0.25) is 0 Å². The molecular weight excluding hydrogens is 422 g/mol. The molecule has 0 aliphatic heterocycles. The molecule has 33 heavy (non-hydrogen) atoms. The van der Waals surface area contributed by atoms with E-state index in [-0.39, 0.29) is 12.4 Å². The number of nitrogens with two attached hydrogens (primary N) is 1. The summed E-state index contributed by atoms with van der Waals surface area (Å²) in [7, 11) is 0. The van der Waals surface area contributed by atoms with Gasteiger partial charge in [-0.15, -0.1) is 0 Å². The molecule has 0 amide bonds. The van der Waals surface area contributed by atoms with Gasteiger partial charge in [0, 0.05) is 0 Å². The van der Waals surface area contributed by atoms with Gasteiger partial charge in [0.05, 0.1) is 36.7 Å². The number of ether oxygens (including phenoxy) is 1. The highest BCUT2D eigenvalue weighted by Gasteiger charge is 2.19. The molecule has 0 fully saturated rings. The lowest BCUT2D eigenvalue weighted by Gasteiger charge is -2.19. The highest BCUT2D eigenvalue weighted by atomic mass is 16.5. The molecule has 4 rings (SSSR count). The van der Waals surface area contributed by atoms with Crippen LogP contribution in [0.3, 0.4) is 0 Å². The Morgan fingerprint density at radius 1 is 0.939 bits per heavy atom. The molecule has 0 radical (unpaired) electrons. The molecule has 0 spiro atoms. The number of hydrazone groups is 2. The van der Waals surface area contributed by atoms with Crippen molar-refractivity contribution in [1.29, 1.82) is 0 Å². The van der Waals surface area contributed by atoms with E-state index in [1.807, 2.05) is 60.7 Å². The van der Waals surface area contributed by atoms with E-state index in [1.54, 1.807) is 4.57 Å². The molecule has 0 saturated carbocycles. The van der Waals surface area contributed by atoms with Crippen LogP contribution in [0.25, 0.3) is 11.2 Å². The van der Waals surface area contributed by atoms with Crippen molar-refractivity contribution in [2.45, 2.75) is 12.3 Å². The fraction of sp³-hybridized carbons (Fsp3) is 0.136. The van der Waals surface area contributed by atoms with Gasteiger partial charge >= 0.3 is 0 Å². The van der Waals surface area contributed by atoms with Crippen LogP contribution in [0.5, 0.6) is 0 Å². The second-order valence-electron chi connectivity index (χ2n) is 6.84. The number of hydrogen-bond donors (Lipinski definition) is 4. The van der Waals surface area contributed by atoms with Crippen molar-refractivity contribution in [2.75, 3.05) is 23.2 Å². The molecular formula is C22H23N9O2. The van der Waals surface area contributed by atoms with Crippen LogP contribution in [0.15, 0.2) is 83.5 Å². The molecule has 2 aromatic heterocycles. The van der Waals surface area contributed by atoms with E-state index in [0.717, 1.165) is 11.4 Å². The molecule has 11 heteroatoms. The first kappa shape index (κ1) is 21.9. The van der Waals surface area contributed by atoms with Gasteiger partial charge in [-0.25, -0.2) is 15.0 Å². The zero-order valence-electron chi connectivity index (χ0n) is 17.6. The van der Waals surface area contributed by atoms with Crippen molar-refractivity contribution in [3.8, 4) is 0 Å². The Hall–Kier alpha value is -4.35. The first-order valence-corrected chi connectivity index (χ1v) is 10.1. The van der Waals surface area contributed by atoms with Crippen LogP contribution in [0.4, 0.5) is 17.2 Å². The minimum absolute atomic E-state index is 0.254. The maximum atomic E-state index is 9.86. The molecule has 0 saturated heterocycles. The summed E-state index contributed by atoms with van der Waals surface area (Å²) >= 11 is 0. The molecule has 11 nitrogen and oxygen atoms in total. The Labute approximate surface area is 189 Å².